The zero-order valence-electron chi connectivity index (χ0n) is 17.1. The molecule has 0 aliphatic rings. The average molecular weight is 437 g/mol. The van der Waals surface area contributed by atoms with Gasteiger partial charge in [0.05, 0.1) is 0 Å². The third-order valence-electron chi connectivity index (χ3n) is 4.56. The molecule has 0 saturated carbocycles. The summed E-state index contributed by atoms with van der Waals surface area (Å²) >= 11 is 12.2. The number of nitrogens with zero attached hydrogens (tertiary/aromatic N) is 1. The van der Waals surface area contributed by atoms with E-state index < -0.39 is 6.04 Å². The van der Waals surface area contributed by atoms with E-state index >= 15 is 0 Å². The minimum atomic E-state index is -0.683. The number of carbonyl (C=O) groups is 2. The maximum absolute atomic E-state index is 13.0. The first-order valence-corrected chi connectivity index (χ1v) is 10.2. The Balaban J connectivity index is 2.20. The summed E-state index contributed by atoms with van der Waals surface area (Å²) in [6.07, 6.45) is 0. The van der Waals surface area contributed by atoms with Gasteiger partial charge in [0.25, 0.3) is 5.91 Å². The van der Waals surface area contributed by atoms with Crippen molar-refractivity contribution in [1.82, 2.24) is 10.2 Å². The molecule has 5 nitrogen and oxygen atoms in total. The number of rotatable bonds is 8. The van der Waals surface area contributed by atoms with Crippen LogP contribution >= 0.6 is 23.2 Å². The second kappa shape index (κ2) is 10.5. The van der Waals surface area contributed by atoms with Gasteiger partial charge in [-0.25, -0.2) is 0 Å². The van der Waals surface area contributed by atoms with Crippen LogP contribution < -0.4 is 10.1 Å². The van der Waals surface area contributed by atoms with Crippen LogP contribution in [0.5, 0.6) is 5.75 Å². The van der Waals surface area contributed by atoms with Gasteiger partial charge >= 0.3 is 0 Å². The Bertz CT molecular complexity index is 886. The zero-order valence-corrected chi connectivity index (χ0v) is 18.6. The van der Waals surface area contributed by atoms with Gasteiger partial charge in [0, 0.05) is 23.1 Å². The van der Waals surface area contributed by atoms with Gasteiger partial charge in [-0.05, 0) is 57.0 Å². The molecule has 2 aromatic rings. The Morgan fingerprint density at radius 2 is 1.86 bits per heavy atom. The number of amides is 2. The molecule has 0 radical (unpaired) electrons. The molecular weight excluding hydrogens is 411 g/mol. The van der Waals surface area contributed by atoms with E-state index in [9.17, 15) is 9.59 Å². The fourth-order valence-electron chi connectivity index (χ4n) is 2.92. The van der Waals surface area contributed by atoms with Crippen LogP contribution in [0.25, 0.3) is 0 Å². The number of halogens is 2. The van der Waals surface area contributed by atoms with Gasteiger partial charge in [-0.1, -0.05) is 47.0 Å². The third kappa shape index (κ3) is 6.38. The topological polar surface area (TPSA) is 58.6 Å². The van der Waals surface area contributed by atoms with E-state index in [0.717, 1.165) is 11.1 Å². The summed E-state index contributed by atoms with van der Waals surface area (Å²) in [7, 11) is 0. The Morgan fingerprint density at radius 3 is 2.48 bits per heavy atom. The molecule has 0 unspecified atom stereocenters. The number of benzene rings is 2. The molecule has 0 spiro atoms. The van der Waals surface area contributed by atoms with Gasteiger partial charge in [0.2, 0.25) is 5.91 Å². The molecule has 29 heavy (non-hydrogen) atoms. The average Bonchev–Trinajstić information content (AvgIpc) is 2.66. The highest BCUT2D eigenvalue weighted by Crippen LogP contribution is 2.24. The number of hydrogen-bond acceptors (Lipinski definition) is 3. The van der Waals surface area contributed by atoms with E-state index in [-0.39, 0.29) is 25.0 Å². The SMILES string of the molecule is CCNC(=O)[C@H](C)N(Cc1ccc(Cl)cc1Cl)C(=O)COc1ccc(C)cc1C. The van der Waals surface area contributed by atoms with Crippen LogP contribution in [0.2, 0.25) is 10.0 Å². The molecule has 2 amide bonds. The summed E-state index contributed by atoms with van der Waals surface area (Å²) in [6.45, 7) is 7.90. The van der Waals surface area contributed by atoms with Gasteiger partial charge in [-0.15, -0.1) is 0 Å². The van der Waals surface area contributed by atoms with Gasteiger partial charge in [0.1, 0.15) is 11.8 Å². The Kier molecular flexibility index (Phi) is 8.35. The summed E-state index contributed by atoms with van der Waals surface area (Å²) < 4.78 is 5.73. The van der Waals surface area contributed by atoms with Crippen molar-refractivity contribution >= 4 is 35.0 Å². The molecule has 0 bridgehead atoms. The fraction of sp³-hybridized carbons (Fsp3) is 0.364. The van der Waals surface area contributed by atoms with Crippen molar-refractivity contribution in [2.45, 2.75) is 40.3 Å². The van der Waals surface area contributed by atoms with E-state index in [2.05, 4.69) is 5.32 Å². The van der Waals surface area contributed by atoms with Crippen molar-refractivity contribution in [2.24, 2.45) is 0 Å². The summed E-state index contributed by atoms with van der Waals surface area (Å²) in [5.74, 6) is 0.0892. The molecule has 0 fully saturated rings. The molecule has 0 aromatic heterocycles. The molecule has 0 aliphatic carbocycles. The number of nitrogens with one attached hydrogen (secondary N) is 1. The molecule has 1 N–H and O–H groups in total. The Morgan fingerprint density at radius 1 is 1.14 bits per heavy atom. The molecule has 2 aromatic carbocycles. The molecule has 7 heteroatoms. The van der Waals surface area contributed by atoms with Crippen LogP contribution in [0.15, 0.2) is 36.4 Å². The van der Waals surface area contributed by atoms with Crippen LogP contribution in [0.3, 0.4) is 0 Å². The second-order valence-electron chi connectivity index (χ2n) is 6.89. The highest BCUT2D eigenvalue weighted by Gasteiger charge is 2.27. The largest absolute Gasteiger partial charge is 0.483 e. The molecule has 0 aliphatic heterocycles. The van der Waals surface area contributed by atoms with Crippen LogP contribution in [0.4, 0.5) is 0 Å². The minimum absolute atomic E-state index is 0.170. The quantitative estimate of drug-likeness (QED) is 0.660. The van der Waals surface area contributed by atoms with Crippen LogP contribution in [-0.2, 0) is 16.1 Å². The van der Waals surface area contributed by atoms with E-state index in [1.165, 1.54) is 4.90 Å². The molecule has 0 heterocycles. The van der Waals surface area contributed by atoms with Crippen molar-refractivity contribution < 1.29 is 14.3 Å². The van der Waals surface area contributed by atoms with Crippen molar-refractivity contribution in [3.63, 3.8) is 0 Å². The summed E-state index contributed by atoms with van der Waals surface area (Å²) in [5.41, 5.74) is 2.76. The smallest absolute Gasteiger partial charge is 0.261 e. The van der Waals surface area contributed by atoms with E-state index in [1.54, 1.807) is 25.1 Å². The predicted octanol–water partition coefficient (Wildman–Crippen LogP) is 4.54. The minimum Gasteiger partial charge on any atom is -0.483 e. The monoisotopic (exact) mass is 436 g/mol. The summed E-state index contributed by atoms with van der Waals surface area (Å²) in [4.78, 5) is 26.8. The third-order valence-corrected chi connectivity index (χ3v) is 5.14. The van der Waals surface area contributed by atoms with Crippen LogP contribution in [-0.4, -0.2) is 35.9 Å². The lowest BCUT2D eigenvalue weighted by atomic mass is 10.1. The van der Waals surface area contributed by atoms with Crippen molar-refractivity contribution in [1.29, 1.82) is 0 Å². The van der Waals surface area contributed by atoms with E-state index in [0.29, 0.717) is 27.9 Å². The van der Waals surface area contributed by atoms with E-state index in [4.69, 9.17) is 27.9 Å². The van der Waals surface area contributed by atoms with Crippen molar-refractivity contribution in [3.8, 4) is 5.75 Å². The molecule has 0 saturated heterocycles. The predicted molar refractivity (Wildman–Crippen MR) is 117 cm³/mol. The lowest BCUT2D eigenvalue weighted by Crippen LogP contribution is -2.49. The molecule has 2 rings (SSSR count). The van der Waals surface area contributed by atoms with Gasteiger partial charge in [0.15, 0.2) is 6.61 Å². The molecular formula is C22H26Cl2N2O3. The molecule has 156 valence electrons. The number of ether oxygens (including phenoxy) is 1. The van der Waals surface area contributed by atoms with Crippen LogP contribution in [0, 0.1) is 13.8 Å². The maximum atomic E-state index is 13.0. The molecule has 1 atom stereocenters. The summed E-state index contributed by atoms with van der Waals surface area (Å²) in [6, 6.07) is 10.1. The number of carbonyl (C=O) groups excluding carboxylic acids is 2. The lowest BCUT2D eigenvalue weighted by molar-refractivity contribution is -0.142. The number of likely N-dealkylation sites (N-methyl/N-ethyl adjacent to an activating group) is 1. The standard InChI is InChI=1S/C22H26Cl2N2O3/c1-5-25-22(28)16(4)26(12-17-7-8-18(23)11-19(17)24)21(27)13-29-20-9-6-14(2)10-15(20)3/h6-11,16H,5,12-13H2,1-4H3,(H,25,28)/t16-/m0/s1. The van der Waals surface area contributed by atoms with Gasteiger partial charge < -0.3 is 15.0 Å². The number of hydrogen-bond donors (Lipinski definition) is 1. The second-order valence-corrected chi connectivity index (χ2v) is 7.73. The Hall–Kier alpha value is -2.24. The maximum Gasteiger partial charge on any atom is 0.261 e. The zero-order chi connectivity index (χ0) is 21.6. The first-order valence-electron chi connectivity index (χ1n) is 9.44. The first-order chi connectivity index (χ1) is 13.7. The van der Waals surface area contributed by atoms with Gasteiger partial charge in [-0.2, -0.15) is 0 Å². The van der Waals surface area contributed by atoms with E-state index in [1.807, 2.05) is 39.0 Å². The summed E-state index contributed by atoms with van der Waals surface area (Å²) in [5, 5.41) is 3.70. The highest BCUT2D eigenvalue weighted by molar-refractivity contribution is 6.35. The lowest BCUT2D eigenvalue weighted by Gasteiger charge is -2.29. The number of aryl methyl sites for hydroxylation is 2. The van der Waals surface area contributed by atoms with Crippen molar-refractivity contribution in [2.75, 3.05) is 13.2 Å². The Labute approximate surface area is 181 Å². The fourth-order valence-corrected chi connectivity index (χ4v) is 3.39. The highest BCUT2D eigenvalue weighted by atomic mass is 35.5. The van der Waals surface area contributed by atoms with Crippen molar-refractivity contribution in [3.05, 3.63) is 63.1 Å². The van der Waals surface area contributed by atoms with Gasteiger partial charge in [-0.3, -0.25) is 9.59 Å². The van der Waals surface area contributed by atoms with Crippen LogP contribution in [0.1, 0.15) is 30.5 Å². The first kappa shape index (κ1) is 23.0. The normalized spacial score (nSPS) is 11.7.